The maximum Gasteiger partial charge on any atom is 0.182 e. The number of dihydropyridines is 1. The first-order valence-electron chi connectivity index (χ1n) is 33.5. The summed E-state index contributed by atoms with van der Waals surface area (Å²) in [6.45, 7) is 7.26. The topological polar surface area (TPSA) is 280 Å². The maximum absolute atomic E-state index is 16.2. The number of carbonyl (C=O) groups is 1. The van der Waals surface area contributed by atoms with Gasteiger partial charge in [0.15, 0.2) is 5.78 Å². The second-order valence-corrected chi connectivity index (χ2v) is 29.6. The molecule has 20 unspecified atom stereocenters. The molecule has 0 radical (unpaired) electrons. The first-order valence-corrected chi connectivity index (χ1v) is 33.5. The first-order chi connectivity index (χ1) is 39.7. The van der Waals surface area contributed by atoms with E-state index in [1.165, 1.54) is 0 Å². The molecule has 2 heterocycles. The van der Waals surface area contributed by atoms with Gasteiger partial charge < -0.3 is 77.1 Å². The molecule has 0 aromatic carbocycles. The number of Topliss-reactive ketones (excluding diaryl/α,β-unsaturated/α-hetero) is 1. The third-order valence-electron chi connectivity index (χ3n) is 24.9. The monoisotopic (exact) mass is 1160 g/mol. The summed E-state index contributed by atoms with van der Waals surface area (Å²) in [5, 5.41) is 126. The van der Waals surface area contributed by atoms with E-state index in [1.54, 1.807) is 13.8 Å². The number of aliphatic hydroxyl groups is 9. The molecule has 1 saturated heterocycles. The number of hydrogen-bond acceptors (Lipinski definition) is 16. The fraction of sp³-hybridized carbons (Fsp3) is 0.866. The standard InChI is InChI=1S/C67H108N4O12/c1-5-8-40-15-21-47-53(23-16-40)83-61-56(47)50(74)10-6-28-67(61,81)62(3,78)54-26-30-66(80)57-58(70-36-39(2)73)59(77)48-33-51(75)52(76)35-63(48)34-43(46-22-24-55(68)71-49(46)9-7-31-72)25-29-64(79,60(57)63)38-65(54,66)44-17-11-41(12-18-44)27-32-82-45-19-13-42(14-20-45)37-69-4/h22,24-25,29,39-45,47-48,50-56,60-61,69-76,78-81H,5-21,23,26-28,30-38,68H2,1-4H3. The Balaban J connectivity index is 1.05. The molecule has 11 aliphatic rings. The predicted molar refractivity (Wildman–Crippen MR) is 317 cm³/mol. The SMILES string of the molecule is CCCC1CCC2OC3C(C(O)CCCC3(O)C(C)(O)C3CCC4(O)C5=C(NCC(C)O)C(=O)C6CC(O)C(O)CC67CC(C6=C(CCCO)NC(N)C=C6)C=CC(O)(CC34C3CCC(CCOC4CCC(CNC)CC4)CC3)C57)C2CC1. The lowest BCUT2D eigenvalue weighted by atomic mass is 9.37. The van der Waals surface area contributed by atoms with Crippen molar-refractivity contribution >= 4 is 5.78 Å². The highest BCUT2D eigenvalue weighted by molar-refractivity contribution is 6.00. The van der Waals surface area contributed by atoms with Gasteiger partial charge in [-0.15, -0.1) is 0 Å². The van der Waals surface area contributed by atoms with Crippen LogP contribution >= 0.6 is 0 Å². The Bertz CT molecular complexity index is 2420. The number of nitrogens with one attached hydrogen (secondary N) is 3. The minimum Gasteiger partial charge on any atom is -0.396 e. The van der Waals surface area contributed by atoms with Gasteiger partial charge in [-0.25, -0.2) is 0 Å². The van der Waals surface area contributed by atoms with Crippen molar-refractivity contribution in [2.45, 2.75) is 259 Å². The van der Waals surface area contributed by atoms with Crippen LogP contribution in [0.3, 0.4) is 0 Å². The summed E-state index contributed by atoms with van der Waals surface area (Å²) in [5.41, 5.74) is -1.40. The molecule has 83 heavy (non-hydrogen) atoms. The van der Waals surface area contributed by atoms with Crippen molar-refractivity contribution in [1.29, 1.82) is 0 Å². The molecule has 16 heteroatoms. The summed E-state index contributed by atoms with van der Waals surface area (Å²) in [4.78, 5) is 16.2. The summed E-state index contributed by atoms with van der Waals surface area (Å²) in [7, 11) is 2.02. The second-order valence-electron chi connectivity index (χ2n) is 29.6. The number of carbonyl (C=O) groups excluding carboxylic acids is 1. The van der Waals surface area contributed by atoms with Gasteiger partial charge in [-0.2, -0.15) is 0 Å². The Hall–Kier alpha value is -2.29. The van der Waals surface area contributed by atoms with Crippen LogP contribution in [0, 0.1) is 70.0 Å². The quantitative estimate of drug-likeness (QED) is 0.0718. The molecule has 11 rings (SSSR count). The van der Waals surface area contributed by atoms with Gasteiger partial charge in [0, 0.05) is 54.5 Å². The molecular weight excluding hydrogens is 1050 g/mol. The highest BCUT2D eigenvalue weighted by Gasteiger charge is 2.80. The van der Waals surface area contributed by atoms with Crippen molar-refractivity contribution in [3.63, 3.8) is 0 Å². The minimum absolute atomic E-state index is 0.0123. The van der Waals surface area contributed by atoms with Crippen LogP contribution in [0.4, 0.5) is 0 Å². The second kappa shape index (κ2) is 24.6. The first kappa shape index (κ1) is 62.3. The molecule has 0 amide bonds. The molecule has 1 spiro atoms. The van der Waals surface area contributed by atoms with Crippen LogP contribution in [0.2, 0.25) is 0 Å². The molecule has 14 N–H and O–H groups in total. The zero-order valence-electron chi connectivity index (χ0n) is 50.7. The van der Waals surface area contributed by atoms with E-state index in [9.17, 15) is 40.9 Å². The largest absolute Gasteiger partial charge is 0.396 e. The zero-order chi connectivity index (χ0) is 58.9. The smallest absolute Gasteiger partial charge is 0.182 e. The van der Waals surface area contributed by atoms with E-state index in [1.807, 2.05) is 31.4 Å². The Morgan fingerprint density at radius 3 is 2.34 bits per heavy atom. The van der Waals surface area contributed by atoms with Crippen LogP contribution in [0.1, 0.15) is 188 Å². The normalized spacial score (nSPS) is 47.2. The van der Waals surface area contributed by atoms with E-state index in [0.717, 1.165) is 101 Å². The van der Waals surface area contributed by atoms with Crippen molar-refractivity contribution in [2.75, 3.05) is 33.4 Å². The molecule has 16 nitrogen and oxygen atoms in total. The lowest BCUT2D eigenvalue weighted by Crippen LogP contribution is -2.74. The van der Waals surface area contributed by atoms with Gasteiger partial charge in [-0.3, -0.25) is 4.79 Å². The molecular formula is C67H108N4O12. The van der Waals surface area contributed by atoms with Crippen LogP contribution in [0.5, 0.6) is 0 Å². The van der Waals surface area contributed by atoms with Crippen molar-refractivity contribution < 1.29 is 60.2 Å². The fourth-order valence-corrected chi connectivity index (χ4v) is 21.2. The van der Waals surface area contributed by atoms with E-state index in [0.29, 0.717) is 68.5 Å². The van der Waals surface area contributed by atoms with Crippen LogP contribution in [-0.2, 0) is 14.3 Å². The zero-order valence-corrected chi connectivity index (χ0v) is 50.7. The number of ketones is 1. The average Bonchev–Trinajstić information content (AvgIpc) is 1.70. The van der Waals surface area contributed by atoms with Gasteiger partial charge in [-0.1, -0.05) is 57.3 Å². The Labute approximate surface area is 495 Å². The van der Waals surface area contributed by atoms with E-state index >= 15 is 9.90 Å². The number of fused-ring (bicyclic) bond motifs is 5. The fourth-order valence-electron chi connectivity index (χ4n) is 21.2. The summed E-state index contributed by atoms with van der Waals surface area (Å²) >= 11 is 0. The summed E-state index contributed by atoms with van der Waals surface area (Å²) in [6.07, 6.45) is 19.4. The van der Waals surface area contributed by atoms with Gasteiger partial charge >= 0.3 is 0 Å². The Kier molecular flexibility index (Phi) is 18.5. The molecule has 20 atom stereocenters. The summed E-state index contributed by atoms with van der Waals surface area (Å²) in [5.74, 6) is -2.59. The lowest BCUT2D eigenvalue weighted by molar-refractivity contribution is -0.276. The van der Waals surface area contributed by atoms with Gasteiger partial charge in [0.05, 0.1) is 71.4 Å². The van der Waals surface area contributed by atoms with E-state index in [4.69, 9.17) is 15.2 Å². The Morgan fingerprint density at radius 2 is 1.61 bits per heavy atom. The molecule has 7 saturated carbocycles. The number of hydrogen-bond donors (Lipinski definition) is 13. The molecule has 0 aromatic heterocycles. The molecule has 9 aliphatic carbocycles. The van der Waals surface area contributed by atoms with Gasteiger partial charge in [0.25, 0.3) is 0 Å². The van der Waals surface area contributed by atoms with Gasteiger partial charge in [-0.05, 0) is 220 Å². The van der Waals surface area contributed by atoms with Gasteiger partial charge in [0.2, 0.25) is 0 Å². The highest BCUT2D eigenvalue weighted by atomic mass is 16.5. The maximum atomic E-state index is 16.2. The Morgan fingerprint density at radius 1 is 0.892 bits per heavy atom. The number of aliphatic hydroxyl groups excluding tert-OH is 5. The molecule has 468 valence electrons. The van der Waals surface area contributed by atoms with Crippen LogP contribution in [0.15, 0.2) is 46.8 Å². The van der Waals surface area contributed by atoms with E-state index in [-0.39, 0.29) is 93.6 Å². The molecule has 0 bridgehead atoms. The van der Waals surface area contributed by atoms with Crippen LogP contribution in [-0.4, -0.2) is 156 Å². The lowest BCUT2D eigenvalue weighted by Gasteiger charge is -2.69. The van der Waals surface area contributed by atoms with Crippen LogP contribution < -0.4 is 21.7 Å². The van der Waals surface area contributed by atoms with Crippen molar-refractivity contribution in [1.82, 2.24) is 16.0 Å². The average molecular weight is 1160 g/mol. The number of nitrogens with two attached hydrogens (primary N) is 1. The van der Waals surface area contributed by atoms with Gasteiger partial charge in [0.1, 0.15) is 5.60 Å². The van der Waals surface area contributed by atoms with E-state index in [2.05, 4.69) is 22.9 Å². The van der Waals surface area contributed by atoms with Crippen LogP contribution in [0.25, 0.3) is 0 Å². The molecule has 2 aliphatic heterocycles. The van der Waals surface area contributed by atoms with E-state index < -0.39 is 99.5 Å². The number of allylic oxidation sites excluding steroid dienone is 5. The molecule has 8 fully saturated rings. The third kappa shape index (κ3) is 10.8. The molecule has 0 aromatic rings. The summed E-state index contributed by atoms with van der Waals surface area (Å²) < 4.78 is 13.8. The minimum atomic E-state index is -1.96. The van der Waals surface area contributed by atoms with Crippen molar-refractivity contribution in [3.8, 4) is 0 Å². The highest BCUT2D eigenvalue weighted by Crippen LogP contribution is 2.77. The number of ether oxygens (including phenoxy) is 2. The van der Waals surface area contributed by atoms with Crippen molar-refractivity contribution in [2.24, 2.45) is 75.7 Å². The third-order valence-corrected chi connectivity index (χ3v) is 24.9. The number of rotatable bonds is 18. The summed E-state index contributed by atoms with van der Waals surface area (Å²) in [6, 6.07) is 0. The predicted octanol–water partition coefficient (Wildman–Crippen LogP) is 5.85. The van der Waals surface area contributed by atoms with Crippen molar-refractivity contribution in [3.05, 3.63) is 46.8 Å².